The summed E-state index contributed by atoms with van der Waals surface area (Å²) in [5.41, 5.74) is 3.50. The van der Waals surface area contributed by atoms with Gasteiger partial charge in [-0.15, -0.1) is 0 Å². The van der Waals surface area contributed by atoms with E-state index in [0.717, 1.165) is 47.5 Å². The lowest BCUT2D eigenvalue weighted by Gasteiger charge is -2.20. The molecule has 0 radical (unpaired) electrons. The summed E-state index contributed by atoms with van der Waals surface area (Å²) in [6, 6.07) is 18.5. The zero-order valence-corrected chi connectivity index (χ0v) is 16.6. The van der Waals surface area contributed by atoms with Gasteiger partial charge in [-0.25, -0.2) is 0 Å². The van der Waals surface area contributed by atoms with Gasteiger partial charge in [0.1, 0.15) is 0 Å². The Morgan fingerprint density at radius 2 is 1.54 bits per heavy atom. The van der Waals surface area contributed by atoms with Gasteiger partial charge in [-0.05, 0) is 58.8 Å². The molecule has 0 aliphatic heterocycles. The van der Waals surface area contributed by atoms with Gasteiger partial charge in [0.25, 0.3) is 5.56 Å². The van der Waals surface area contributed by atoms with E-state index < -0.39 is 0 Å². The third kappa shape index (κ3) is 3.33. The van der Waals surface area contributed by atoms with Crippen molar-refractivity contribution >= 4 is 21.5 Å². The van der Waals surface area contributed by atoms with E-state index in [-0.39, 0.29) is 5.56 Å². The first-order chi connectivity index (χ1) is 13.7. The van der Waals surface area contributed by atoms with Crippen LogP contribution in [0.2, 0.25) is 0 Å². The van der Waals surface area contributed by atoms with E-state index in [9.17, 15) is 4.79 Å². The summed E-state index contributed by atoms with van der Waals surface area (Å²) in [6.45, 7) is 4.90. The summed E-state index contributed by atoms with van der Waals surface area (Å²) in [4.78, 5) is 18.0. The molecule has 0 atom stereocenters. The minimum atomic E-state index is 0.0923. The zero-order chi connectivity index (χ0) is 19.5. The molecule has 3 heteroatoms. The van der Waals surface area contributed by atoms with Gasteiger partial charge < -0.3 is 4.57 Å². The molecule has 0 saturated carbocycles. The SMILES string of the molecule is CCCc1c(CCC)n(Cc2ccccn2)c(=O)c2cc3ccccc3cc12. The van der Waals surface area contributed by atoms with Crippen molar-refractivity contribution in [1.29, 1.82) is 0 Å². The van der Waals surface area contributed by atoms with Crippen molar-refractivity contribution in [2.75, 3.05) is 0 Å². The number of benzene rings is 2. The minimum absolute atomic E-state index is 0.0923. The van der Waals surface area contributed by atoms with Crippen molar-refractivity contribution in [2.45, 2.75) is 46.1 Å². The number of rotatable bonds is 6. The van der Waals surface area contributed by atoms with E-state index in [1.807, 2.05) is 28.8 Å². The van der Waals surface area contributed by atoms with Gasteiger partial charge in [-0.2, -0.15) is 0 Å². The first-order valence-corrected chi connectivity index (χ1v) is 10.2. The van der Waals surface area contributed by atoms with Crippen LogP contribution < -0.4 is 5.56 Å². The van der Waals surface area contributed by atoms with Crippen LogP contribution in [0.1, 0.15) is 43.6 Å². The van der Waals surface area contributed by atoms with Crippen LogP contribution in [0.4, 0.5) is 0 Å². The maximum atomic E-state index is 13.6. The molecule has 2 aromatic carbocycles. The quantitative estimate of drug-likeness (QED) is 0.420. The van der Waals surface area contributed by atoms with Crippen LogP contribution >= 0.6 is 0 Å². The van der Waals surface area contributed by atoms with E-state index in [0.29, 0.717) is 6.54 Å². The molecule has 0 aliphatic rings. The molecule has 3 nitrogen and oxygen atoms in total. The van der Waals surface area contributed by atoms with Gasteiger partial charge in [0.05, 0.1) is 12.2 Å². The number of nitrogens with zero attached hydrogens (tertiary/aromatic N) is 2. The van der Waals surface area contributed by atoms with Crippen LogP contribution in [-0.4, -0.2) is 9.55 Å². The Balaban J connectivity index is 2.05. The molecular weight excluding hydrogens is 344 g/mol. The molecule has 0 fully saturated rings. The fraction of sp³-hybridized carbons (Fsp3) is 0.280. The van der Waals surface area contributed by atoms with Gasteiger partial charge in [0.15, 0.2) is 0 Å². The fourth-order valence-electron chi connectivity index (χ4n) is 4.13. The van der Waals surface area contributed by atoms with Crippen LogP contribution in [0.15, 0.2) is 65.6 Å². The summed E-state index contributed by atoms with van der Waals surface area (Å²) >= 11 is 0. The van der Waals surface area contributed by atoms with Crippen LogP contribution in [0.5, 0.6) is 0 Å². The van der Waals surface area contributed by atoms with Crippen LogP contribution in [0.3, 0.4) is 0 Å². The van der Waals surface area contributed by atoms with Crippen molar-refractivity contribution in [2.24, 2.45) is 0 Å². The molecule has 4 rings (SSSR count). The number of aryl methyl sites for hydroxylation is 1. The Hall–Kier alpha value is -2.94. The Bertz CT molecular complexity index is 1180. The predicted octanol–water partition coefficient (Wildman–Crippen LogP) is 5.50. The summed E-state index contributed by atoms with van der Waals surface area (Å²) in [5, 5.41) is 4.24. The second-order valence-electron chi connectivity index (χ2n) is 7.38. The normalized spacial score (nSPS) is 11.4. The lowest BCUT2D eigenvalue weighted by molar-refractivity contribution is 0.668. The largest absolute Gasteiger partial charge is 0.306 e. The number of pyridine rings is 2. The van der Waals surface area contributed by atoms with Crippen LogP contribution in [0, 0.1) is 0 Å². The standard InChI is InChI=1S/C25H26N2O/c1-3-9-21-22-15-18-11-5-6-12-19(18)16-23(22)25(28)27(24(21)10-4-2)17-20-13-7-8-14-26-20/h5-8,11-16H,3-4,9-10,17H2,1-2H3. The lowest BCUT2D eigenvalue weighted by atomic mass is 9.95. The summed E-state index contributed by atoms with van der Waals surface area (Å²) in [6.07, 6.45) is 5.74. The maximum absolute atomic E-state index is 13.6. The molecule has 142 valence electrons. The summed E-state index contributed by atoms with van der Waals surface area (Å²) < 4.78 is 1.97. The monoisotopic (exact) mass is 370 g/mol. The highest BCUT2D eigenvalue weighted by Gasteiger charge is 2.17. The zero-order valence-electron chi connectivity index (χ0n) is 16.6. The second-order valence-corrected chi connectivity index (χ2v) is 7.38. The highest BCUT2D eigenvalue weighted by atomic mass is 16.1. The van der Waals surface area contributed by atoms with E-state index >= 15 is 0 Å². The van der Waals surface area contributed by atoms with Gasteiger partial charge in [0, 0.05) is 17.3 Å². The molecule has 0 N–H and O–H groups in total. The van der Waals surface area contributed by atoms with Crippen LogP contribution in [-0.2, 0) is 19.4 Å². The highest BCUT2D eigenvalue weighted by Crippen LogP contribution is 2.27. The Kier molecular flexibility index (Phi) is 5.25. The first-order valence-electron chi connectivity index (χ1n) is 10.2. The van der Waals surface area contributed by atoms with E-state index in [2.05, 4.69) is 49.2 Å². The molecule has 0 amide bonds. The van der Waals surface area contributed by atoms with Gasteiger partial charge in [-0.3, -0.25) is 9.78 Å². The Labute approximate surface area is 165 Å². The number of hydrogen-bond donors (Lipinski definition) is 0. The molecule has 2 heterocycles. The Morgan fingerprint density at radius 3 is 2.18 bits per heavy atom. The number of fused-ring (bicyclic) bond motifs is 2. The topological polar surface area (TPSA) is 34.9 Å². The molecular formula is C25H26N2O. The molecule has 0 bridgehead atoms. The Morgan fingerprint density at radius 1 is 0.857 bits per heavy atom. The van der Waals surface area contributed by atoms with Crippen molar-refractivity contribution in [1.82, 2.24) is 9.55 Å². The third-order valence-electron chi connectivity index (χ3n) is 5.39. The summed E-state index contributed by atoms with van der Waals surface area (Å²) in [5.74, 6) is 0. The predicted molar refractivity (Wildman–Crippen MR) is 117 cm³/mol. The average Bonchev–Trinajstić information content (AvgIpc) is 2.73. The molecule has 0 unspecified atom stereocenters. The molecule has 4 aromatic rings. The van der Waals surface area contributed by atoms with Gasteiger partial charge >= 0.3 is 0 Å². The van der Waals surface area contributed by atoms with Crippen molar-refractivity contribution in [3.63, 3.8) is 0 Å². The molecule has 0 aliphatic carbocycles. The smallest absolute Gasteiger partial charge is 0.259 e. The van der Waals surface area contributed by atoms with Crippen molar-refractivity contribution in [3.8, 4) is 0 Å². The lowest BCUT2D eigenvalue weighted by Crippen LogP contribution is -2.27. The molecule has 28 heavy (non-hydrogen) atoms. The van der Waals surface area contributed by atoms with Crippen LogP contribution in [0.25, 0.3) is 21.5 Å². The average molecular weight is 370 g/mol. The number of hydrogen-bond acceptors (Lipinski definition) is 2. The van der Waals surface area contributed by atoms with E-state index in [1.54, 1.807) is 6.20 Å². The van der Waals surface area contributed by atoms with E-state index in [4.69, 9.17) is 0 Å². The number of aromatic nitrogens is 2. The van der Waals surface area contributed by atoms with Crippen molar-refractivity contribution in [3.05, 3.63) is 88.1 Å². The first kappa shape index (κ1) is 18.4. The maximum Gasteiger partial charge on any atom is 0.259 e. The highest BCUT2D eigenvalue weighted by molar-refractivity contribution is 5.99. The van der Waals surface area contributed by atoms with Crippen molar-refractivity contribution < 1.29 is 0 Å². The minimum Gasteiger partial charge on any atom is -0.306 e. The molecule has 0 spiro atoms. The van der Waals surface area contributed by atoms with Gasteiger partial charge in [-0.1, -0.05) is 57.0 Å². The van der Waals surface area contributed by atoms with Gasteiger partial charge in [0.2, 0.25) is 0 Å². The van der Waals surface area contributed by atoms with E-state index in [1.165, 1.54) is 16.6 Å². The second kappa shape index (κ2) is 7.97. The fourth-order valence-corrected chi connectivity index (χ4v) is 4.13. The summed E-state index contributed by atoms with van der Waals surface area (Å²) in [7, 11) is 0. The third-order valence-corrected chi connectivity index (χ3v) is 5.39. The molecule has 0 saturated heterocycles. The molecule has 2 aromatic heterocycles.